The second kappa shape index (κ2) is 5.80. The van der Waals surface area contributed by atoms with Crippen LogP contribution in [0.2, 0.25) is 0 Å². The van der Waals surface area contributed by atoms with Crippen LogP contribution in [-0.4, -0.2) is 25.0 Å². The number of nitrogens with zero attached hydrogens (tertiary/aromatic N) is 1. The molecule has 0 bridgehead atoms. The summed E-state index contributed by atoms with van der Waals surface area (Å²) in [6, 6.07) is 20.6. The van der Waals surface area contributed by atoms with Crippen molar-refractivity contribution in [1.82, 2.24) is 4.90 Å². The molecule has 1 heteroatoms. The Hall–Kier alpha value is -1.60. The number of hydrogen-bond acceptors (Lipinski definition) is 1. The summed E-state index contributed by atoms with van der Waals surface area (Å²) in [6.07, 6.45) is 3.67. The zero-order valence-electron chi connectivity index (χ0n) is 12.4. The monoisotopic (exact) mass is 265 g/mol. The van der Waals surface area contributed by atoms with E-state index in [0.717, 1.165) is 0 Å². The molecule has 20 heavy (non-hydrogen) atoms. The Labute approximate surface area is 122 Å². The van der Waals surface area contributed by atoms with Crippen molar-refractivity contribution in [2.75, 3.05) is 14.1 Å². The molecule has 2 atom stereocenters. The van der Waals surface area contributed by atoms with Crippen molar-refractivity contribution >= 4 is 0 Å². The van der Waals surface area contributed by atoms with Crippen LogP contribution < -0.4 is 0 Å². The second-order valence-corrected chi connectivity index (χ2v) is 6.05. The van der Waals surface area contributed by atoms with Crippen molar-refractivity contribution in [1.29, 1.82) is 0 Å². The number of hydrogen-bond donors (Lipinski definition) is 0. The van der Waals surface area contributed by atoms with Gasteiger partial charge in [0.1, 0.15) is 0 Å². The largest absolute Gasteiger partial charge is 0.306 e. The van der Waals surface area contributed by atoms with Crippen molar-refractivity contribution in [3.05, 3.63) is 71.3 Å². The molecule has 2 aromatic rings. The molecule has 1 aliphatic carbocycles. The first-order valence-electron chi connectivity index (χ1n) is 7.55. The minimum Gasteiger partial charge on any atom is -0.306 e. The molecule has 0 saturated carbocycles. The Morgan fingerprint density at radius 1 is 0.900 bits per heavy atom. The molecule has 0 aromatic heterocycles. The zero-order chi connectivity index (χ0) is 13.9. The molecule has 0 spiro atoms. The van der Waals surface area contributed by atoms with E-state index in [2.05, 4.69) is 73.6 Å². The number of aryl methyl sites for hydroxylation is 1. The van der Waals surface area contributed by atoms with Crippen LogP contribution in [0, 0.1) is 0 Å². The zero-order valence-corrected chi connectivity index (χ0v) is 12.4. The minimum absolute atomic E-state index is 0.530. The third-order valence-electron chi connectivity index (χ3n) is 4.62. The molecular weight excluding hydrogens is 242 g/mol. The molecule has 2 aromatic carbocycles. The van der Waals surface area contributed by atoms with Crippen LogP contribution in [0.3, 0.4) is 0 Å². The molecule has 0 unspecified atom stereocenters. The van der Waals surface area contributed by atoms with Gasteiger partial charge in [0.2, 0.25) is 0 Å². The lowest BCUT2D eigenvalue weighted by molar-refractivity contribution is 0.262. The van der Waals surface area contributed by atoms with Crippen LogP contribution in [0.1, 0.15) is 35.4 Å². The summed E-state index contributed by atoms with van der Waals surface area (Å²) in [7, 11) is 4.42. The summed E-state index contributed by atoms with van der Waals surface area (Å²) in [4.78, 5) is 2.39. The summed E-state index contributed by atoms with van der Waals surface area (Å²) in [5, 5.41) is 0. The SMILES string of the molecule is CN(C)[C@@H]1CCc2ccccc2[C@@H](c2ccccc2)C1. The highest BCUT2D eigenvalue weighted by atomic mass is 15.1. The number of benzene rings is 2. The van der Waals surface area contributed by atoms with Crippen LogP contribution in [0.5, 0.6) is 0 Å². The molecule has 0 radical (unpaired) electrons. The Balaban J connectivity index is 2.03. The van der Waals surface area contributed by atoms with Gasteiger partial charge in [0, 0.05) is 12.0 Å². The summed E-state index contributed by atoms with van der Waals surface area (Å²) < 4.78 is 0. The average Bonchev–Trinajstić information content (AvgIpc) is 2.68. The highest BCUT2D eigenvalue weighted by Gasteiger charge is 2.26. The normalized spacial score (nSPS) is 22.4. The van der Waals surface area contributed by atoms with E-state index in [9.17, 15) is 0 Å². The van der Waals surface area contributed by atoms with Gasteiger partial charge in [0.05, 0.1) is 0 Å². The third-order valence-corrected chi connectivity index (χ3v) is 4.62. The van der Waals surface area contributed by atoms with Gasteiger partial charge in [-0.25, -0.2) is 0 Å². The van der Waals surface area contributed by atoms with E-state index in [1.807, 2.05) is 0 Å². The fourth-order valence-electron chi connectivity index (χ4n) is 3.41. The van der Waals surface area contributed by atoms with Gasteiger partial charge >= 0.3 is 0 Å². The maximum absolute atomic E-state index is 2.39. The predicted molar refractivity (Wildman–Crippen MR) is 85.1 cm³/mol. The van der Waals surface area contributed by atoms with Gasteiger partial charge in [-0.15, -0.1) is 0 Å². The summed E-state index contributed by atoms with van der Waals surface area (Å²) in [6.45, 7) is 0. The molecule has 0 amide bonds. The van der Waals surface area contributed by atoms with Gasteiger partial charge in [-0.3, -0.25) is 0 Å². The van der Waals surface area contributed by atoms with E-state index in [1.54, 1.807) is 0 Å². The van der Waals surface area contributed by atoms with Gasteiger partial charge in [-0.05, 0) is 50.0 Å². The first-order chi connectivity index (χ1) is 9.75. The molecule has 0 heterocycles. The van der Waals surface area contributed by atoms with Crippen LogP contribution >= 0.6 is 0 Å². The fourth-order valence-corrected chi connectivity index (χ4v) is 3.41. The number of rotatable bonds is 2. The molecule has 1 nitrogen and oxygen atoms in total. The standard InChI is InChI=1S/C19H23N/c1-20(2)17-13-12-16-10-6-7-11-18(16)19(14-17)15-8-4-3-5-9-15/h3-11,17,19H,12-14H2,1-2H3/t17-,19-/m1/s1. The van der Waals surface area contributed by atoms with E-state index in [-0.39, 0.29) is 0 Å². The lowest BCUT2D eigenvalue weighted by atomic mass is 9.85. The van der Waals surface area contributed by atoms with E-state index in [4.69, 9.17) is 0 Å². The van der Waals surface area contributed by atoms with Gasteiger partial charge in [0.15, 0.2) is 0 Å². The topological polar surface area (TPSA) is 3.24 Å². The lowest BCUT2D eigenvalue weighted by Crippen LogP contribution is -2.29. The third kappa shape index (κ3) is 2.64. The molecule has 0 saturated heterocycles. The molecule has 1 aliphatic rings. The van der Waals surface area contributed by atoms with E-state index >= 15 is 0 Å². The summed E-state index contributed by atoms with van der Waals surface area (Å²) in [5.74, 6) is 0.530. The first-order valence-corrected chi connectivity index (χ1v) is 7.55. The van der Waals surface area contributed by atoms with Crippen LogP contribution in [0.15, 0.2) is 54.6 Å². The summed E-state index contributed by atoms with van der Waals surface area (Å²) >= 11 is 0. The van der Waals surface area contributed by atoms with Crippen LogP contribution in [-0.2, 0) is 6.42 Å². The van der Waals surface area contributed by atoms with Crippen LogP contribution in [0.25, 0.3) is 0 Å². The fraction of sp³-hybridized carbons (Fsp3) is 0.368. The quantitative estimate of drug-likeness (QED) is 0.739. The van der Waals surface area contributed by atoms with E-state index in [1.165, 1.54) is 36.0 Å². The molecule has 0 fully saturated rings. The van der Waals surface area contributed by atoms with Gasteiger partial charge < -0.3 is 4.90 Å². The average molecular weight is 265 g/mol. The Kier molecular flexibility index (Phi) is 3.88. The van der Waals surface area contributed by atoms with Crippen molar-refractivity contribution in [2.24, 2.45) is 0 Å². The van der Waals surface area contributed by atoms with Crippen molar-refractivity contribution in [3.8, 4) is 0 Å². The van der Waals surface area contributed by atoms with Gasteiger partial charge in [0.25, 0.3) is 0 Å². The summed E-state index contributed by atoms with van der Waals surface area (Å²) in [5.41, 5.74) is 4.52. The second-order valence-electron chi connectivity index (χ2n) is 6.05. The first kappa shape index (κ1) is 13.4. The highest BCUT2D eigenvalue weighted by molar-refractivity contribution is 5.39. The van der Waals surface area contributed by atoms with E-state index in [0.29, 0.717) is 12.0 Å². The van der Waals surface area contributed by atoms with Crippen molar-refractivity contribution in [2.45, 2.75) is 31.2 Å². The van der Waals surface area contributed by atoms with Gasteiger partial charge in [-0.1, -0.05) is 54.6 Å². The smallest absolute Gasteiger partial charge is 0.0107 e. The maximum Gasteiger partial charge on any atom is 0.0107 e. The van der Waals surface area contributed by atoms with E-state index < -0.39 is 0 Å². The van der Waals surface area contributed by atoms with Crippen molar-refractivity contribution < 1.29 is 0 Å². The molecular formula is C19H23N. The maximum atomic E-state index is 2.39. The number of fused-ring (bicyclic) bond motifs is 1. The Morgan fingerprint density at radius 2 is 1.60 bits per heavy atom. The lowest BCUT2D eigenvalue weighted by Gasteiger charge is -2.26. The molecule has 0 N–H and O–H groups in total. The molecule has 104 valence electrons. The van der Waals surface area contributed by atoms with Crippen LogP contribution in [0.4, 0.5) is 0 Å². The minimum atomic E-state index is 0.530. The predicted octanol–water partition coefficient (Wildman–Crippen LogP) is 4.09. The Morgan fingerprint density at radius 3 is 2.35 bits per heavy atom. The van der Waals surface area contributed by atoms with Gasteiger partial charge in [-0.2, -0.15) is 0 Å². The molecule has 0 aliphatic heterocycles. The van der Waals surface area contributed by atoms with Crippen molar-refractivity contribution in [3.63, 3.8) is 0 Å². The highest BCUT2D eigenvalue weighted by Crippen LogP contribution is 2.36. The Bertz CT molecular complexity index is 559. The molecule has 3 rings (SSSR count).